The summed E-state index contributed by atoms with van der Waals surface area (Å²) in [6.07, 6.45) is -9.14. The first-order chi connectivity index (χ1) is 19.0. The molecule has 10 heteroatoms. The van der Waals surface area contributed by atoms with E-state index < -0.39 is 34.9 Å². The van der Waals surface area contributed by atoms with Crippen molar-refractivity contribution >= 4 is 17.8 Å². The van der Waals surface area contributed by atoms with Crippen LogP contribution in [0.1, 0.15) is 38.2 Å². The van der Waals surface area contributed by atoms with Gasteiger partial charge in [-0.1, -0.05) is 78.0 Å². The molecule has 0 fully saturated rings. The normalized spacial score (nSPS) is 14.4. The van der Waals surface area contributed by atoms with E-state index in [0.717, 1.165) is 24.3 Å². The summed E-state index contributed by atoms with van der Waals surface area (Å²) in [5.41, 5.74) is -2.78. The summed E-state index contributed by atoms with van der Waals surface area (Å²) < 4.78 is 79.2. The van der Waals surface area contributed by atoms with Crippen molar-refractivity contribution < 1.29 is 40.8 Å². The van der Waals surface area contributed by atoms with Crippen molar-refractivity contribution in [2.45, 2.75) is 18.0 Å². The molecule has 1 aliphatic rings. The molecule has 5 rings (SSSR count). The molecule has 0 atom stereocenters. The molecule has 4 aromatic carbocycles. The van der Waals surface area contributed by atoms with Crippen molar-refractivity contribution in [1.82, 2.24) is 0 Å². The van der Waals surface area contributed by atoms with E-state index in [1.54, 1.807) is 48.5 Å². The third-order valence-corrected chi connectivity index (χ3v) is 6.59. The van der Waals surface area contributed by atoms with Crippen molar-refractivity contribution in [3.63, 3.8) is 0 Å². The van der Waals surface area contributed by atoms with Crippen molar-refractivity contribution in [3.8, 4) is 11.1 Å². The van der Waals surface area contributed by atoms with Crippen LogP contribution in [0.2, 0.25) is 0 Å². The summed E-state index contributed by atoms with van der Waals surface area (Å²) in [6, 6.07) is 20.3. The van der Waals surface area contributed by atoms with Gasteiger partial charge in [-0.2, -0.15) is 26.3 Å². The van der Waals surface area contributed by atoms with Crippen LogP contribution in [0.4, 0.5) is 26.3 Å². The zero-order chi connectivity index (χ0) is 28.7. The second kappa shape index (κ2) is 9.78. The number of nitrogens with zero attached hydrogens (tertiary/aromatic N) is 1. The van der Waals surface area contributed by atoms with Crippen LogP contribution < -0.4 is 0 Å². The van der Waals surface area contributed by atoms with Crippen LogP contribution >= 0.6 is 0 Å². The number of Topliss-reactive ketones (excluding diaryl/α,β-unsaturated/α-hetero) is 1. The lowest BCUT2D eigenvalue weighted by molar-refractivity contribution is -0.138. The van der Waals surface area contributed by atoms with Crippen LogP contribution in [0.25, 0.3) is 11.1 Å². The molecule has 4 nitrogen and oxygen atoms in total. The lowest BCUT2D eigenvalue weighted by Gasteiger charge is -2.28. The summed E-state index contributed by atoms with van der Waals surface area (Å²) in [6.45, 7) is 0. The molecule has 0 radical (unpaired) electrons. The minimum atomic E-state index is -4.68. The first-order valence-corrected chi connectivity index (χ1v) is 11.8. The molecule has 0 heterocycles. The van der Waals surface area contributed by atoms with E-state index >= 15 is 0 Å². The first-order valence-electron chi connectivity index (χ1n) is 11.8. The van der Waals surface area contributed by atoms with Crippen molar-refractivity contribution in [3.05, 3.63) is 130 Å². The topological polar surface area (TPSA) is 55.7 Å². The van der Waals surface area contributed by atoms with E-state index in [-0.39, 0.29) is 23.1 Å². The van der Waals surface area contributed by atoms with Crippen molar-refractivity contribution in [1.29, 1.82) is 0 Å². The molecule has 0 amide bonds. The fraction of sp³-hybridized carbons (Fsp3) is 0.100. The van der Waals surface area contributed by atoms with Crippen LogP contribution in [0, 0.1) is 0 Å². The second-order valence-corrected chi connectivity index (χ2v) is 8.96. The Morgan fingerprint density at radius 3 is 1.35 bits per heavy atom. The minimum Gasteiger partial charge on any atom is -0.371 e. The maximum Gasteiger partial charge on any atom is 0.416 e. The summed E-state index contributed by atoms with van der Waals surface area (Å²) in [5.74, 6) is -0.533. The molecule has 0 bridgehead atoms. The Labute approximate surface area is 223 Å². The highest BCUT2D eigenvalue weighted by molar-refractivity contribution is 6.54. The predicted octanol–water partition coefficient (Wildman–Crippen LogP) is 7.45. The molecular formula is C30H17F6NO3. The molecule has 0 aliphatic heterocycles. The SMILES string of the molecule is O=CC(ON=C1C(=O)c2ccccc2-c2ccccc21)(c1ccc(C(F)(F)F)cc1)c1ccc(C(F)(F)F)cc1. The van der Waals surface area contributed by atoms with Gasteiger partial charge in [-0.25, -0.2) is 0 Å². The molecule has 0 spiro atoms. The average Bonchev–Trinajstić information content (AvgIpc) is 2.94. The number of aldehydes is 1. The Hall–Kier alpha value is -4.73. The van der Waals surface area contributed by atoms with E-state index in [4.69, 9.17) is 4.84 Å². The number of rotatable bonds is 5. The summed E-state index contributed by atoms with van der Waals surface area (Å²) >= 11 is 0. The van der Waals surface area contributed by atoms with Gasteiger partial charge in [0, 0.05) is 22.3 Å². The van der Waals surface area contributed by atoms with Crippen LogP contribution in [0.3, 0.4) is 0 Å². The maximum atomic E-state index is 13.4. The van der Waals surface area contributed by atoms with Crippen molar-refractivity contribution in [2.24, 2.45) is 5.16 Å². The number of carbonyl (C=O) groups is 2. The summed E-state index contributed by atoms with van der Waals surface area (Å²) in [7, 11) is 0. The van der Waals surface area contributed by atoms with E-state index in [2.05, 4.69) is 5.16 Å². The molecule has 4 aromatic rings. The summed E-state index contributed by atoms with van der Waals surface area (Å²) in [5, 5.41) is 4.03. The predicted molar refractivity (Wildman–Crippen MR) is 134 cm³/mol. The maximum absolute atomic E-state index is 13.4. The zero-order valence-corrected chi connectivity index (χ0v) is 20.3. The van der Waals surface area contributed by atoms with Crippen LogP contribution in [-0.4, -0.2) is 17.8 Å². The van der Waals surface area contributed by atoms with Gasteiger partial charge in [0.05, 0.1) is 11.1 Å². The Morgan fingerprint density at radius 2 is 0.925 bits per heavy atom. The minimum absolute atomic E-state index is 0.142. The number of hydrogen-bond donors (Lipinski definition) is 0. The third-order valence-electron chi connectivity index (χ3n) is 6.59. The molecule has 0 saturated carbocycles. The number of hydrogen-bond acceptors (Lipinski definition) is 4. The Morgan fingerprint density at radius 1 is 0.550 bits per heavy atom. The number of alkyl halides is 6. The molecule has 1 aliphatic carbocycles. The molecule has 0 N–H and O–H groups in total. The lowest BCUT2D eigenvalue weighted by atomic mass is 9.83. The Kier molecular flexibility index (Phi) is 6.57. The average molecular weight is 553 g/mol. The van der Waals surface area contributed by atoms with Gasteiger partial charge < -0.3 is 4.84 Å². The smallest absolute Gasteiger partial charge is 0.371 e. The highest BCUT2D eigenvalue weighted by Crippen LogP contribution is 2.39. The van der Waals surface area contributed by atoms with Gasteiger partial charge in [-0.05, 0) is 35.4 Å². The van der Waals surface area contributed by atoms with Crippen LogP contribution in [0.5, 0.6) is 0 Å². The largest absolute Gasteiger partial charge is 0.416 e. The Balaban J connectivity index is 1.66. The first kappa shape index (κ1) is 26.9. The Bertz CT molecular complexity index is 1560. The quantitative estimate of drug-likeness (QED) is 0.147. The van der Waals surface area contributed by atoms with Gasteiger partial charge in [-0.3, -0.25) is 9.59 Å². The lowest BCUT2D eigenvalue weighted by Crippen LogP contribution is -2.33. The number of fused-ring (bicyclic) bond motifs is 3. The number of benzene rings is 4. The fourth-order valence-electron chi connectivity index (χ4n) is 4.54. The molecule has 0 unspecified atom stereocenters. The van der Waals surface area contributed by atoms with Crippen LogP contribution in [-0.2, 0) is 27.6 Å². The number of oxime groups is 1. The molecular weight excluding hydrogens is 536 g/mol. The standard InChI is InChI=1S/C30H17F6NO3/c31-29(32,33)20-13-9-18(10-14-20)28(17-38,19-11-15-21(16-12-19)30(34,35)36)40-37-26-24-7-3-1-5-22(24)23-6-2-4-8-25(23)27(26)39/h1-17H. The van der Waals surface area contributed by atoms with E-state index in [9.17, 15) is 35.9 Å². The van der Waals surface area contributed by atoms with Crippen LogP contribution in [0.15, 0.2) is 102 Å². The summed E-state index contributed by atoms with van der Waals surface area (Å²) in [4.78, 5) is 31.8. The van der Waals surface area contributed by atoms with Gasteiger partial charge in [0.1, 0.15) is 0 Å². The molecule has 0 aromatic heterocycles. The molecule has 40 heavy (non-hydrogen) atoms. The number of halogens is 6. The third kappa shape index (κ3) is 4.66. The van der Waals surface area contributed by atoms with Gasteiger partial charge >= 0.3 is 12.4 Å². The highest BCUT2D eigenvalue weighted by atomic mass is 19.4. The number of ketones is 1. The van der Waals surface area contributed by atoms with Gasteiger partial charge in [0.15, 0.2) is 12.0 Å². The van der Waals surface area contributed by atoms with E-state index in [1.807, 2.05) is 0 Å². The fourth-order valence-corrected chi connectivity index (χ4v) is 4.54. The van der Waals surface area contributed by atoms with Crippen molar-refractivity contribution in [2.75, 3.05) is 0 Å². The molecule has 202 valence electrons. The van der Waals surface area contributed by atoms with E-state index in [0.29, 0.717) is 46.5 Å². The monoisotopic (exact) mass is 553 g/mol. The highest BCUT2D eigenvalue weighted by Gasteiger charge is 2.41. The van der Waals surface area contributed by atoms with Gasteiger partial charge in [0.25, 0.3) is 0 Å². The zero-order valence-electron chi connectivity index (χ0n) is 20.3. The van der Waals surface area contributed by atoms with Gasteiger partial charge in [0.2, 0.25) is 11.4 Å². The molecule has 0 saturated heterocycles. The second-order valence-electron chi connectivity index (χ2n) is 8.96. The van der Waals surface area contributed by atoms with E-state index in [1.165, 1.54) is 0 Å². The number of carbonyl (C=O) groups excluding carboxylic acids is 2. The van der Waals surface area contributed by atoms with Gasteiger partial charge in [-0.15, -0.1) is 0 Å².